The molecule has 3 aromatic rings. The van der Waals surface area contributed by atoms with Gasteiger partial charge in [-0.25, -0.2) is 18.1 Å². The molecule has 180 valence electrons. The van der Waals surface area contributed by atoms with Crippen LogP contribution in [0, 0.1) is 20.8 Å². The Labute approximate surface area is 204 Å². The maximum Gasteiger partial charge on any atom is 0.244 e. The van der Waals surface area contributed by atoms with Crippen LogP contribution in [-0.4, -0.2) is 52.2 Å². The number of nitrogens with zero attached hydrogens (tertiary/aromatic N) is 4. The maximum atomic E-state index is 12.8. The van der Waals surface area contributed by atoms with E-state index >= 15 is 0 Å². The summed E-state index contributed by atoms with van der Waals surface area (Å²) in [5.41, 5.74) is 4.39. The van der Waals surface area contributed by atoms with Gasteiger partial charge in [-0.1, -0.05) is 35.9 Å². The highest BCUT2D eigenvalue weighted by atomic mass is 32.2. The fraction of sp³-hybridized carbons (Fsp3) is 0.375. The molecule has 1 saturated heterocycles. The number of anilines is 1. The first-order chi connectivity index (χ1) is 16.3. The van der Waals surface area contributed by atoms with E-state index in [-0.39, 0.29) is 16.6 Å². The third-order valence-corrected chi connectivity index (χ3v) is 8.67. The van der Waals surface area contributed by atoms with Crippen LogP contribution in [0.1, 0.15) is 36.2 Å². The lowest BCUT2D eigenvalue weighted by atomic mass is 10.2. The van der Waals surface area contributed by atoms with Crippen molar-refractivity contribution in [3.05, 3.63) is 59.5 Å². The zero-order valence-corrected chi connectivity index (χ0v) is 21.2. The van der Waals surface area contributed by atoms with E-state index in [0.717, 1.165) is 36.3 Å². The van der Waals surface area contributed by atoms with E-state index in [2.05, 4.69) is 15.4 Å². The van der Waals surface area contributed by atoms with Crippen molar-refractivity contribution in [3.8, 4) is 5.69 Å². The van der Waals surface area contributed by atoms with Gasteiger partial charge in [0.15, 0.2) is 0 Å². The van der Waals surface area contributed by atoms with Crippen molar-refractivity contribution >= 4 is 33.4 Å². The van der Waals surface area contributed by atoms with Crippen molar-refractivity contribution in [1.29, 1.82) is 0 Å². The average Bonchev–Trinajstić information content (AvgIpc) is 3.12. The summed E-state index contributed by atoms with van der Waals surface area (Å²) in [6.07, 6.45) is 4.22. The first-order valence-electron chi connectivity index (χ1n) is 11.3. The van der Waals surface area contributed by atoms with Gasteiger partial charge in [-0.3, -0.25) is 4.79 Å². The molecule has 1 aliphatic rings. The summed E-state index contributed by atoms with van der Waals surface area (Å²) in [6, 6.07) is 11.3. The summed E-state index contributed by atoms with van der Waals surface area (Å²) < 4.78 is 28.9. The number of carbonyl (C=O) groups excluding carboxylic acids is 1. The molecule has 1 N–H and O–H groups in total. The number of pyridine rings is 1. The number of thioether (sulfide) groups is 1. The molecule has 10 heteroatoms. The summed E-state index contributed by atoms with van der Waals surface area (Å²) in [6.45, 7) is 6.93. The Morgan fingerprint density at radius 1 is 1.03 bits per heavy atom. The molecule has 1 amide bonds. The normalized spacial score (nSPS) is 14.8. The summed E-state index contributed by atoms with van der Waals surface area (Å²) in [5.74, 6) is -0.0220. The molecule has 0 atom stereocenters. The van der Waals surface area contributed by atoms with E-state index in [4.69, 9.17) is 0 Å². The van der Waals surface area contributed by atoms with Crippen molar-refractivity contribution in [2.75, 3.05) is 24.2 Å². The topological polar surface area (TPSA) is 97.2 Å². The standard InChI is InChI=1S/C24H29N5O3S2/c1-17-7-9-20(10-8-17)29-19(3)24(18(2)27-29)26-22(30)16-33-23-12-11-21(15-25-23)34(31,32)28-13-5-4-6-14-28/h7-12,15H,4-6,13-14,16H2,1-3H3,(H,26,30). The summed E-state index contributed by atoms with van der Waals surface area (Å²) in [4.78, 5) is 17.1. The van der Waals surface area contributed by atoms with Gasteiger partial charge in [0.05, 0.1) is 33.5 Å². The fourth-order valence-electron chi connectivity index (χ4n) is 3.93. The number of hydrogen-bond acceptors (Lipinski definition) is 6. The van der Waals surface area contributed by atoms with E-state index in [1.54, 1.807) is 12.1 Å². The van der Waals surface area contributed by atoms with E-state index in [9.17, 15) is 13.2 Å². The molecule has 0 radical (unpaired) electrons. The second kappa shape index (κ2) is 10.3. The molecular weight excluding hydrogens is 470 g/mol. The Bertz CT molecular complexity index is 1260. The van der Waals surface area contributed by atoms with Crippen LogP contribution in [0.2, 0.25) is 0 Å². The molecule has 0 unspecified atom stereocenters. The Kier molecular flexibility index (Phi) is 7.39. The highest BCUT2D eigenvalue weighted by Crippen LogP contribution is 2.25. The van der Waals surface area contributed by atoms with E-state index in [0.29, 0.717) is 23.8 Å². The number of amides is 1. The number of rotatable bonds is 7. The number of hydrogen-bond donors (Lipinski definition) is 1. The van der Waals surface area contributed by atoms with Gasteiger partial charge in [0.1, 0.15) is 4.90 Å². The van der Waals surface area contributed by atoms with Gasteiger partial charge >= 0.3 is 0 Å². The van der Waals surface area contributed by atoms with Crippen LogP contribution >= 0.6 is 11.8 Å². The zero-order valence-electron chi connectivity index (χ0n) is 19.6. The molecule has 0 aliphatic carbocycles. The van der Waals surface area contributed by atoms with Crippen LogP contribution in [-0.2, 0) is 14.8 Å². The lowest BCUT2D eigenvalue weighted by Gasteiger charge is -2.25. The van der Waals surface area contributed by atoms with Crippen molar-refractivity contribution in [2.24, 2.45) is 0 Å². The minimum atomic E-state index is -3.51. The molecule has 0 spiro atoms. The number of aryl methyl sites for hydroxylation is 2. The number of piperidine rings is 1. The smallest absolute Gasteiger partial charge is 0.244 e. The number of carbonyl (C=O) groups is 1. The van der Waals surface area contributed by atoms with Crippen LogP contribution in [0.3, 0.4) is 0 Å². The molecule has 1 fully saturated rings. The molecule has 3 heterocycles. The minimum Gasteiger partial charge on any atom is -0.322 e. The molecule has 8 nitrogen and oxygen atoms in total. The highest BCUT2D eigenvalue weighted by Gasteiger charge is 2.26. The molecule has 1 aromatic carbocycles. The number of aromatic nitrogens is 3. The Balaban J connectivity index is 1.38. The van der Waals surface area contributed by atoms with Gasteiger partial charge in [-0.05, 0) is 57.9 Å². The fourth-order valence-corrected chi connectivity index (χ4v) is 6.04. The van der Waals surface area contributed by atoms with Gasteiger partial charge in [0.25, 0.3) is 0 Å². The predicted octanol–water partition coefficient (Wildman–Crippen LogP) is 4.10. The Morgan fingerprint density at radius 3 is 2.38 bits per heavy atom. The molecule has 0 saturated carbocycles. The van der Waals surface area contributed by atoms with Crippen LogP contribution < -0.4 is 5.32 Å². The lowest BCUT2D eigenvalue weighted by molar-refractivity contribution is -0.113. The molecule has 1 aliphatic heterocycles. The molecule has 34 heavy (non-hydrogen) atoms. The van der Waals surface area contributed by atoms with Crippen molar-refractivity contribution in [2.45, 2.75) is 50.0 Å². The summed E-state index contributed by atoms with van der Waals surface area (Å²) in [5, 5.41) is 8.12. The molecular formula is C24H29N5O3S2. The summed E-state index contributed by atoms with van der Waals surface area (Å²) >= 11 is 1.26. The van der Waals surface area contributed by atoms with Crippen LogP contribution in [0.15, 0.2) is 52.5 Å². The van der Waals surface area contributed by atoms with Gasteiger partial charge in [-0.2, -0.15) is 9.40 Å². The van der Waals surface area contributed by atoms with Gasteiger partial charge in [-0.15, -0.1) is 0 Å². The van der Waals surface area contributed by atoms with Gasteiger partial charge in [0, 0.05) is 19.3 Å². The van der Waals surface area contributed by atoms with Crippen LogP contribution in [0.25, 0.3) is 5.69 Å². The predicted molar refractivity (Wildman–Crippen MR) is 134 cm³/mol. The first kappa shape index (κ1) is 24.4. The number of nitrogens with one attached hydrogen (secondary N) is 1. The first-order valence-corrected chi connectivity index (χ1v) is 13.7. The van der Waals surface area contributed by atoms with Crippen molar-refractivity contribution < 1.29 is 13.2 Å². The molecule has 0 bridgehead atoms. The highest BCUT2D eigenvalue weighted by molar-refractivity contribution is 7.99. The second-order valence-corrected chi connectivity index (χ2v) is 11.4. The monoisotopic (exact) mass is 499 g/mol. The van der Waals surface area contributed by atoms with E-state index < -0.39 is 10.0 Å². The average molecular weight is 500 g/mol. The number of benzene rings is 1. The largest absolute Gasteiger partial charge is 0.322 e. The van der Waals surface area contributed by atoms with Gasteiger partial charge in [0.2, 0.25) is 15.9 Å². The quantitative estimate of drug-likeness (QED) is 0.492. The Hall–Kier alpha value is -2.69. The third-order valence-electron chi connectivity index (χ3n) is 5.85. The van der Waals surface area contributed by atoms with Crippen LogP contribution in [0.5, 0.6) is 0 Å². The van der Waals surface area contributed by atoms with E-state index in [1.807, 2.05) is 49.7 Å². The van der Waals surface area contributed by atoms with Crippen molar-refractivity contribution in [3.63, 3.8) is 0 Å². The molecule has 4 rings (SSSR count). The second-order valence-electron chi connectivity index (χ2n) is 8.43. The summed E-state index contributed by atoms with van der Waals surface area (Å²) in [7, 11) is -3.51. The zero-order chi connectivity index (χ0) is 24.3. The Morgan fingerprint density at radius 2 is 1.74 bits per heavy atom. The molecule has 2 aromatic heterocycles. The minimum absolute atomic E-state index is 0.153. The lowest BCUT2D eigenvalue weighted by Crippen LogP contribution is -2.35. The maximum absolute atomic E-state index is 12.8. The van der Waals surface area contributed by atoms with Gasteiger partial charge < -0.3 is 5.32 Å². The SMILES string of the molecule is Cc1ccc(-n2nc(C)c(NC(=O)CSc3ccc(S(=O)(=O)N4CCCCC4)cn3)c2C)cc1. The van der Waals surface area contributed by atoms with Crippen LogP contribution in [0.4, 0.5) is 5.69 Å². The number of sulfonamides is 1. The third kappa shape index (κ3) is 5.34. The van der Waals surface area contributed by atoms with E-state index in [1.165, 1.54) is 27.8 Å². The van der Waals surface area contributed by atoms with Crippen molar-refractivity contribution in [1.82, 2.24) is 19.1 Å².